The zero-order valence-electron chi connectivity index (χ0n) is 8.03. The van der Waals surface area contributed by atoms with E-state index in [0.717, 1.165) is 17.7 Å². The van der Waals surface area contributed by atoms with Crippen LogP contribution in [0.5, 0.6) is 0 Å². The molecule has 1 N–H and O–H groups in total. The topological polar surface area (TPSA) is 41.5 Å². The average Bonchev–Trinajstić information content (AvgIpc) is 2.23. The van der Waals surface area contributed by atoms with Crippen molar-refractivity contribution in [3.05, 3.63) is 35.9 Å². The van der Waals surface area contributed by atoms with Crippen molar-refractivity contribution in [2.45, 2.75) is 13.3 Å². The maximum absolute atomic E-state index is 11.2. The molecule has 3 nitrogen and oxygen atoms in total. The molecule has 1 amide bonds. The van der Waals surface area contributed by atoms with Gasteiger partial charge in [0.15, 0.2) is 0 Å². The van der Waals surface area contributed by atoms with Gasteiger partial charge in [0.2, 0.25) is 5.91 Å². The van der Waals surface area contributed by atoms with Crippen molar-refractivity contribution in [1.82, 2.24) is 5.43 Å². The van der Waals surface area contributed by atoms with Gasteiger partial charge in [-0.3, -0.25) is 4.79 Å². The number of carbonyl (C=O) groups excluding carboxylic acids is 1. The maximum atomic E-state index is 11.2. The van der Waals surface area contributed by atoms with Gasteiger partial charge in [0, 0.05) is 12.3 Å². The number of hydrogen-bond acceptors (Lipinski definition) is 2. The summed E-state index contributed by atoms with van der Waals surface area (Å²) in [5, 5.41) is 4.05. The van der Waals surface area contributed by atoms with E-state index in [-0.39, 0.29) is 11.8 Å². The zero-order chi connectivity index (χ0) is 9.97. The molecule has 0 aromatic heterocycles. The van der Waals surface area contributed by atoms with E-state index >= 15 is 0 Å². The Morgan fingerprint density at radius 1 is 1.36 bits per heavy atom. The van der Waals surface area contributed by atoms with Crippen LogP contribution in [0.25, 0.3) is 0 Å². The Kier molecular flexibility index (Phi) is 2.31. The van der Waals surface area contributed by atoms with Gasteiger partial charge in [-0.1, -0.05) is 37.3 Å². The fourth-order valence-corrected chi connectivity index (χ4v) is 1.47. The number of rotatable bonds is 1. The minimum absolute atomic E-state index is 0.00433. The summed E-state index contributed by atoms with van der Waals surface area (Å²) in [6.07, 6.45) is 0.718. The number of carbonyl (C=O) groups is 1. The zero-order valence-corrected chi connectivity index (χ0v) is 8.03. The van der Waals surface area contributed by atoms with Crippen LogP contribution in [0.1, 0.15) is 18.9 Å². The van der Waals surface area contributed by atoms with Crippen molar-refractivity contribution in [2.75, 3.05) is 0 Å². The highest BCUT2D eigenvalue weighted by Gasteiger charge is 2.20. The van der Waals surface area contributed by atoms with Crippen LogP contribution < -0.4 is 5.43 Å². The van der Waals surface area contributed by atoms with Crippen molar-refractivity contribution >= 4 is 11.6 Å². The van der Waals surface area contributed by atoms with Crippen molar-refractivity contribution in [2.24, 2.45) is 11.0 Å². The smallest absolute Gasteiger partial charge is 0.243 e. The summed E-state index contributed by atoms with van der Waals surface area (Å²) in [7, 11) is 0. The van der Waals surface area contributed by atoms with E-state index in [2.05, 4.69) is 10.5 Å². The van der Waals surface area contributed by atoms with Gasteiger partial charge in [0.25, 0.3) is 0 Å². The second-order valence-corrected chi connectivity index (χ2v) is 3.51. The molecular weight excluding hydrogens is 176 g/mol. The van der Waals surface area contributed by atoms with Crippen LogP contribution in [0.3, 0.4) is 0 Å². The lowest BCUT2D eigenvalue weighted by atomic mass is 9.97. The normalized spacial score (nSPS) is 21.4. The van der Waals surface area contributed by atoms with Gasteiger partial charge >= 0.3 is 0 Å². The van der Waals surface area contributed by atoms with E-state index in [0.29, 0.717) is 0 Å². The highest BCUT2D eigenvalue weighted by Crippen LogP contribution is 2.14. The Hall–Kier alpha value is -1.64. The molecule has 0 radical (unpaired) electrons. The Morgan fingerprint density at radius 2 is 2.07 bits per heavy atom. The molecule has 1 aliphatic rings. The fraction of sp³-hybridized carbons (Fsp3) is 0.273. The molecule has 0 unspecified atom stereocenters. The molecule has 0 bridgehead atoms. The molecule has 0 spiro atoms. The first-order chi connectivity index (χ1) is 6.77. The molecule has 1 aliphatic heterocycles. The molecule has 14 heavy (non-hydrogen) atoms. The predicted molar refractivity (Wildman–Crippen MR) is 54.9 cm³/mol. The molecule has 1 aromatic carbocycles. The third-order valence-electron chi connectivity index (χ3n) is 2.36. The van der Waals surface area contributed by atoms with E-state index in [1.54, 1.807) is 0 Å². The first-order valence-electron chi connectivity index (χ1n) is 4.69. The molecule has 0 fully saturated rings. The summed E-state index contributed by atoms with van der Waals surface area (Å²) in [6, 6.07) is 9.92. The van der Waals surface area contributed by atoms with Crippen LogP contribution in [0.15, 0.2) is 35.4 Å². The Bertz CT molecular complexity index is 370. The van der Waals surface area contributed by atoms with E-state index in [4.69, 9.17) is 0 Å². The van der Waals surface area contributed by atoms with Gasteiger partial charge in [-0.2, -0.15) is 5.10 Å². The second kappa shape index (κ2) is 3.62. The van der Waals surface area contributed by atoms with Crippen molar-refractivity contribution < 1.29 is 4.79 Å². The molecule has 1 atom stereocenters. The van der Waals surface area contributed by atoms with Crippen LogP contribution in [0, 0.1) is 5.92 Å². The third kappa shape index (κ3) is 1.66. The summed E-state index contributed by atoms with van der Waals surface area (Å²) in [6.45, 7) is 1.91. The lowest BCUT2D eigenvalue weighted by Crippen LogP contribution is -2.33. The van der Waals surface area contributed by atoms with Gasteiger partial charge in [-0.15, -0.1) is 0 Å². The SMILES string of the molecule is C[C@@H]1CC(c2ccccc2)=NNC1=O. The fourth-order valence-electron chi connectivity index (χ4n) is 1.47. The highest BCUT2D eigenvalue weighted by atomic mass is 16.2. The van der Waals surface area contributed by atoms with Gasteiger partial charge < -0.3 is 0 Å². The molecule has 72 valence electrons. The van der Waals surface area contributed by atoms with E-state index < -0.39 is 0 Å². The van der Waals surface area contributed by atoms with Crippen molar-refractivity contribution in [1.29, 1.82) is 0 Å². The molecule has 0 aliphatic carbocycles. The van der Waals surface area contributed by atoms with Crippen molar-refractivity contribution in [3.8, 4) is 0 Å². The van der Waals surface area contributed by atoms with Crippen molar-refractivity contribution in [3.63, 3.8) is 0 Å². The number of nitrogens with zero attached hydrogens (tertiary/aromatic N) is 1. The monoisotopic (exact) mass is 188 g/mol. The van der Waals surface area contributed by atoms with Crippen LogP contribution >= 0.6 is 0 Å². The standard InChI is InChI=1S/C11H12N2O/c1-8-7-10(12-13-11(8)14)9-5-3-2-4-6-9/h2-6,8H,7H2,1H3,(H,13,14)/t8-/m1/s1. The number of benzene rings is 1. The predicted octanol–water partition coefficient (Wildman–Crippen LogP) is 1.55. The maximum Gasteiger partial charge on any atom is 0.243 e. The minimum atomic E-state index is 0.00433. The van der Waals surface area contributed by atoms with Crippen LogP contribution in [-0.2, 0) is 4.79 Å². The molecule has 0 saturated carbocycles. The molecular formula is C11H12N2O. The summed E-state index contributed by atoms with van der Waals surface area (Å²) < 4.78 is 0. The van der Waals surface area contributed by atoms with Crippen LogP contribution in [0.2, 0.25) is 0 Å². The van der Waals surface area contributed by atoms with Gasteiger partial charge in [0.1, 0.15) is 0 Å². The van der Waals surface area contributed by atoms with Gasteiger partial charge in [-0.05, 0) is 5.56 Å². The Labute approximate surface area is 82.8 Å². The van der Waals surface area contributed by atoms with E-state index in [9.17, 15) is 4.79 Å². The summed E-state index contributed by atoms with van der Waals surface area (Å²) in [4.78, 5) is 11.2. The van der Waals surface area contributed by atoms with Crippen LogP contribution in [-0.4, -0.2) is 11.6 Å². The number of amides is 1. The lowest BCUT2D eigenvalue weighted by molar-refractivity contribution is -0.124. The van der Waals surface area contributed by atoms with E-state index in [1.807, 2.05) is 37.3 Å². The summed E-state index contributed by atoms with van der Waals surface area (Å²) >= 11 is 0. The minimum Gasteiger partial charge on any atom is -0.273 e. The Balaban J connectivity index is 2.25. The van der Waals surface area contributed by atoms with E-state index in [1.165, 1.54) is 0 Å². The summed E-state index contributed by atoms with van der Waals surface area (Å²) in [5.74, 6) is 0.0207. The summed E-state index contributed by atoms with van der Waals surface area (Å²) in [5.41, 5.74) is 4.57. The number of nitrogens with one attached hydrogen (secondary N) is 1. The number of hydrogen-bond donors (Lipinski definition) is 1. The first kappa shape index (κ1) is 8.94. The molecule has 1 aromatic rings. The quantitative estimate of drug-likeness (QED) is 0.713. The van der Waals surface area contributed by atoms with Gasteiger partial charge in [-0.25, -0.2) is 5.43 Å². The van der Waals surface area contributed by atoms with Gasteiger partial charge in [0.05, 0.1) is 5.71 Å². The second-order valence-electron chi connectivity index (χ2n) is 3.51. The average molecular weight is 188 g/mol. The Morgan fingerprint density at radius 3 is 2.71 bits per heavy atom. The molecule has 0 saturated heterocycles. The molecule has 3 heteroatoms. The largest absolute Gasteiger partial charge is 0.273 e. The number of hydrazone groups is 1. The molecule has 2 rings (SSSR count). The third-order valence-corrected chi connectivity index (χ3v) is 2.36. The highest BCUT2D eigenvalue weighted by molar-refractivity contribution is 6.04. The first-order valence-corrected chi connectivity index (χ1v) is 4.69. The lowest BCUT2D eigenvalue weighted by Gasteiger charge is -2.17. The molecule has 1 heterocycles. The van der Waals surface area contributed by atoms with Crippen LogP contribution in [0.4, 0.5) is 0 Å².